The molecule has 1 aromatic heterocycles. The fourth-order valence-electron chi connectivity index (χ4n) is 1.41. The second-order valence-corrected chi connectivity index (χ2v) is 3.47. The Bertz CT molecular complexity index is 508. The van der Waals surface area contributed by atoms with Crippen molar-refractivity contribution in [3.05, 3.63) is 27.4 Å². The lowest BCUT2D eigenvalue weighted by Crippen LogP contribution is -2.13. The number of hydrogen-bond donors (Lipinski definition) is 1. The van der Waals surface area contributed by atoms with E-state index in [9.17, 15) is 23.7 Å². The van der Waals surface area contributed by atoms with Crippen LogP contribution in [0.1, 0.15) is 24.6 Å². The number of ether oxygens (including phenoxy) is 1. The molecule has 0 aliphatic carbocycles. The van der Waals surface area contributed by atoms with E-state index in [1.807, 2.05) is 0 Å². The SMILES string of the molecule is CCOC(=O)Cc1c([N+](=O)[O-])cc(C(F)F)nc1N. The van der Waals surface area contributed by atoms with E-state index in [2.05, 4.69) is 9.72 Å². The summed E-state index contributed by atoms with van der Waals surface area (Å²) in [4.78, 5) is 24.5. The van der Waals surface area contributed by atoms with E-state index in [1.165, 1.54) is 0 Å². The van der Waals surface area contributed by atoms with Crippen molar-refractivity contribution in [3.8, 4) is 0 Å². The molecule has 0 radical (unpaired) electrons. The molecule has 1 heterocycles. The Hall–Kier alpha value is -2.32. The predicted octanol–water partition coefficient (Wildman–Crippen LogP) is 1.62. The van der Waals surface area contributed by atoms with Gasteiger partial charge in [-0.3, -0.25) is 14.9 Å². The molecule has 0 atom stereocenters. The monoisotopic (exact) mass is 275 g/mol. The van der Waals surface area contributed by atoms with E-state index in [1.54, 1.807) is 6.92 Å². The molecule has 0 saturated carbocycles. The highest BCUT2D eigenvalue weighted by Gasteiger charge is 2.25. The van der Waals surface area contributed by atoms with Crippen LogP contribution in [0.25, 0.3) is 0 Å². The highest BCUT2D eigenvalue weighted by atomic mass is 19.3. The Kier molecular flexibility index (Phi) is 4.67. The molecule has 2 N–H and O–H groups in total. The maximum atomic E-state index is 12.5. The first kappa shape index (κ1) is 14.7. The maximum absolute atomic E-state index is 12.5. The molecule has 0 unspecified atom stereocenters. The zero-order valence-electron chi connectivity index (χ0n) is 9.93. The van der Waals surface area contributed by atoms with Crippen molar-refractivity contribution in [2.45, 2.75) is 19.8 Å². The predicted molar refractivity (Wildman–Crippen MR) is 60.6 cm³/mol. The molecule has 0 spiro atoms. The largest absolute Gasteiger partial charge is 0.466 e. The van der Waals surface area contributed by atoms with E-state index < -0.39 is 40.9 Å². The molecule has 0 bridgehead atoms. The van der Waals surface area contributed by atoms with Gasteiger partial charge in [-0.1, -0.05) is 0 Å². The van der Waals surface area contributed by atoms with Crippen LogP contribution in [0.4, 0.5) is 20.3 Å². The van der Waals surface area contributed by atoms with Crippen molar-refractivity contribution in [2.75, 3.05) is 12.3 Å². The Morgan fingerprint density at radius 1 is 1.63 bits per heavy atom. The number of nitro groups is 1. The maximum Gasteiger partial charge on any atom is 0.310 e. The molecule has 0 aliphatic rings. The number of carbonyl (C=O) groups excluding carboxylic acids is 1. The number of rotatable bonds is 5. The van der Waals surface area contributed by atoms with Crippen LogP contribution in [-0.2, 0) is 16.0 Å². The molecular formula is C10H11F2N3O4. The van der Waals surface area contributed by atoms with Crippen LogP contribution in [0.15, 0.2) is 6.07 Å². The number of alkyl halides is 2. The van der Waals surface area contributed by atoms with Crippen LogP contribution in [0.5, 0.6) is 0 Å². The number of nitrogen functional groups attached to an aromatic ring is 1. The summed E-state index contributed by atoms with van der Waals surface area (Å²) in [5, 5.41) is 10.8. The van der Waals surface area contributed by atoms with Gasteiger partial charge in [0, 0.05) is 6.07 Å². The topological polar surface area (TPSA) is 108 Å². The van der Waals surface area contributed by atoms with Crippen LogP contribution < -0.4 is 5.73 Å². The van der Waals surface area contributed by atoms with Crippen LogP contribution in [0, 0.1) is 10.1 Å². The van der Waals surface area contributed by atoms with E-state index in [4.69, 9.17) is 5.73 Å². The van der Waals surface area contributed by atoms with Crippen molar-refractivity contribution in [2.24, 2.45) is 0 Å². The highest BCUT2D eigenvalue weighted by Crippen LogP contribution is 2.29. The molecule has 0 amide bonds. The van der Waals surface area contributed by atoms with Crippen molar-refractivity contribution >= 4 is 17.5 Å². The van der Waals surface area contributed by atoms with E-state index in [0.717, 1.165) is 0 Å². The number of nitrogens with zero attached hydrogens (tertiary/aromatic N) is 2. The summed E-state index contributed by atoms with van der Waals surface area (Å²) < 4.78 is 29.6. The summed E-state index contributed by atoms with van der Waals surface area (Å²) in [6.45, 7) is 1.66. The summed E-state index contributed by atoms with van der Waals surface area (Å²) in [6.07, 6.45) is -3.48. The van der Waals surface area contributed by atoms with Gasteiger partial charge >= 0.3 is 5.97 Å². The van der Waals surface area contributed by atoms with E-state index in [-0.39, 0.29) is 12.2 Å². The van der Waals surface area contributed by atoms with Gasteiger partial charge in [0.05, 0.1) is 23.5 Å². The third-order valence-corrected chi connectivity index (χ3v) is 2.20. The molecule has 1 aromatic rings. The van der Waals surface area contributed by atoms with Crippen LogP contribution >= 0.6 is 0 Å². The zero-order valence-corrected chi connectivity index (χ0v) is 9.93. The lowest BCUT2D eigenvalue weighted by atomic mass is 10.1. The van der Waals surface area contributed by atoms with Gasteiger partial charge in [-0.2, -0.15) is 0 Å². The fraction of sp³-hybridized carbons (Fsp3) is 0.400. The smallest absolute Gasteiger partial charge is 0.310 e. The molecule has 19 heavy (non-hydrogen) atoms. The van der Waals surface area contributed by atoms with Gasteiger partial charge in [-0.15, -0.1) is 0 Å². The molecule has 104 valence electrons. The van der Waals surface area contributed by atoms with Crippen LogP contribution in [0.2, 0.25) is 0 Å². The van der Waals surface area contributed by atoms with Crippen molar-refractivity contribution < 1.29 is 23.2 Å². The normalized spacial score (nSPS) is 10.5. The minimum Gasteiger partial charge on any atom is -0.466 e. The zero-order chi connectivity index (χ0) is 14.6. The van der Waals surface area contributed by atoms with Gasteiger partial charge in [0.15, 0.2) is 0 Å². The summed E-state index contributed by atoms with van der Waals surface area (Å²) >= 11 is 0. The lowest BCUT2D eigenvalue weighted by Gasteiger charge is -2.08. The molecule has 0 aromatic carbocycles. The lowest BCUT2D eigenvalue weighted by molar-refractivity contribution is -0.385. The van der Waals surface area contributed by atoms with Gasteiger partial charge < -0.3 is 10.5 Å². The highest BCUT2D eigenvalue weighted by molar-refractivity contribution is 5.76. The number of anilines is 1. The Morgan fingerprint density at radius 3 is 2.74 bits per heavy atom. The minimum absolute atomic E-state index is 0.0923. The summed E-state index contributed by atoms with van der Waals surface area (Å²) in [5.41, 5.74) is 3.68. The molecule has 9 heteroatoms. The number of nitrogens with two attached hydrogens (primary N) is 1. The van der Waals surface area contributed by atoms with Gasteiger partial charge in [0.25, 0.3) is 12.1 Å². The Balaban J connectivity index is 3.22. The molecule has 0 fully saturated rings. The molecular weight excluding hydrogens is 264 g/mol. The van der Waals surface area contributed by atoms with Gasteiger partial charge in [-0.25, -0.2) is 13.8 Å². The van der Waals surface area contributed by atoms with Crippen molar-refractivity contribution in [3.63, 3.8) is 0 Å². The first-order chi connectivity index (χ1) is 8.86. The minimum atomic E-state index is -2.99. The quantitative estimate of drug-likeness (QED) is 0.497. The summed E-state index contributed by atoms with van der Waals surface area (Å²) in [5.74, 6) is -1.22. The third kappa shape index (κ3) is 3.57. The number of aromatic nitrogens is 1. The van der Waals surface area contributed by atoms with Crippen LogP contribution in [-0.4, -0.2) is 22.5 Å². The number of esters is 1. The average Bonchev–Trinajstić information content (AvgIpc) is 2.31. The van der Waals surface area contributed by atoms with E-state index in [0.29, 0.717) is 6.07 Å². The third-order valence-electron chi connectivity index (χ3n) is 2.20. The average molecular weight is 275 g/mol. The second kappa shape index (κ2) is 6.03. The van der Waals surface area contributed by atoms with Crippen molar-refractivity contribution in [1.82, 2.24) is 4.98 Å². The first-order valence-electron chi connectivity index (χ1n) is 5.24. The van der Waals surface area contributed by atoms with Gasteiger partial charge in [0.1, 0.15) is 11.5 Å². The van der Waals surface area contributed by atoms with Gasteiger partial charge in [0.2, 0.25) is 0 Å². The number of hydrogen-bond acceptors (Lipinski definition) is 6. The summed E-state index contributed by atoms with van der Waals surface area (Å²) in [6, 6.07) is 0.607. The standard InChI is InChI=1S/C10H11F2N3O4/c1-2-19-8(16)3-5-7(15(17)18)4-6(9(11)12)14-10(5)13/h4,9H,2-3H2,1H3,(H2,13,14). The van der Waals surface area contributed by atoms with E-state index >= 15 is 0 Å². The number of halogens is 2. The molecule has 1 rings (SSSR count). The Morgan fingerprint density at radius 2 is 2.26 bits per heavy atom. The van der Waals surface area contributed by atoms with Crippen LogP contribution in [0.3, 0.4) is 0 Å². The fourth-order valence-corrected chi connectivity index (χ4v) is 1.41. The van der Waals surface area contributed by atoms with Crippen molar-refractivity contribution in [1.29, 1.82) is 0 Å². The summed E-state index contributed by atoms with van der Waals surface area (Å²) in [7, 11) is 0. The number of pyridine rings is 1. The molecule has 0 aliphatic heterocycles. The van der Waals surface area contributed by atoms with Gasteiger partial charge in [-0.05, 0) is 6.92 Å². The number of carbonyl (C=O) groups is 1. The molecule has 7 nitrogen and oxygen atoms in total. The molecule has 0 saturated heterocycles. The second-order valence-electron chi connectivity index (χ2n) is 3.47. The Labute approximate surface area is 106 Å². The first-order valence-corrected chi connectivity index (χ1v) is 5.24.